The first-order chi connectivity index (χ1) is 15.9. The fourth-order valence-electron chi connectivity index (χ4n) is 3.37. The van der Waals surface area contributed by atoms with Crippen molar-refractivity contribution in [1.29, 1.82) is 0 Å². The number of aliphatic hydroxyl groups is 2. The molecule has 3 N–H and O–H groups in total. The van der Waals surface area contributed by atoms with Crippen LogP contribution in [0.4, 0.5) is 0 Å². The van der Waals surface area contributed by atoms with Crippen molar-refractivity contribution in [2.24, 2.45) is 0 Å². The van der Waals surface area contributed by atoms with Gasteiger partial charge in [0.2, 0.25) is 11.7 Å². The van der Waals surface area contributed by atoms with Crippen LogP contribution in [0.1, 0.15) is 34.0 Å². The van der Waals surface area contributed by atoms with Gasteiger partial charge in [0, 0.05) is 23.2 Å². The zero-order valence-electron chi connectivity index (χ0n) is 18.8. The molecule has 0 bridgehead atoms. The van der Waals surface area contributed by atoms with Gasteiger partial charge in [-0.2, -0.15) is 4.98 Å². The molecule has 1 aromatic heterocycles. The largest absolute Gasteiger partial charge is 0.490 e. The number of nitrogens with zero attached hydrogens (tertiary/aromatic N) is 2. The van der Waals surface area contributed by atoms with Gasteiger partial charge < -0.3 is 24.8 Å². The Labute approximate surface area is 191 Å². The van der Waals surface area contributed by atoms with Crippen LogP contribution in [0.15, 0.2) is 34.9 Å². The van der Waals surface area contributed by atoms with E-state index in [2.05, 4.69) is 15.5 Å². The van der Waals surface area contributed by atoms with Gasteiger partial charge in [0.15, 0.2) is 0 Å². The molecule has 0 aliphatic carbocycles. The Morgan fingerprint density at radius 1 is 1.21 bits per heavy atom. The molecular formula is C24H27N3O6. The Bertz CT molecular complexity index is 1140. The Hall–Kier alpha value is -3.56. The normalized spacial score (nSPS) is 11.8. The van der Waals surface area contributed by atoms with Crippen molar-refractivity contribution in [2.45, 2.75) is 33.3 Å². The monoisotopic (exact) mass is 453 g/mol. The Balaban J connectivity index is 1.78. The summed E-state index contributed by atoms with van der Waals surface area (Å²) in [6.45, 7) is 5.06. The first-order valence-corrected chi connectivity index (χ1v) is 10.6. The number of aryl methyl sites for hydroxylation is 3. The molecule has 33 heavy (non-hydrogen) atoms. The summed E-state index contributed by atoms with van der Waals surface area (Å²) in [4.78, 5) is 26.7. The van der Waals surface area contributed by atoms with Gasteiger partial charge in [-0.1, -0.05) is 18.1 Å². The fourth-order valence-corrected chi connectivity index (χ4v) is 3.37. The number of hydrogen-bond donors (Lipinski definition) is 3. The molecule has 9 nitrogen and oxygen atoms in total. The molecule has 0 saturated carbocycles. The molecule has 1 atom stereocenters. The molecule has 1 unspecified atom stereocenters. The lowest BCUT2D eigenvalue weighted by Gasteiger charge is -2.17. The molecule has 0 saturated heterocycles. The van der Waals surface area contributed by atoms with Crippen LogP contribution in [0.2, 0.25) is 0 Å². The molecule has 0 spiro atoms. The van der Waals surface area contributed by atoms with Gasteiger partial charge in [-0.05, 0) is 61.2 Å². The molecule has 0 radical (unpaired) electrons. The van der Waals surface area contributed by atoms with E-state index >= 15 is 0 Å². The smallest absolute Gasteiger partial charge is 0.258 e. The first-order valence-electron chi connectivity index (χ1n) is 10.6. The van der Waals surface area contributed by atoms with Crippen molar-refractivity contribution in [1.82, 2.24) is 15.5 Å². The minimum absolute atomic E-state index is 0.0125. The average molecular weight is 453 g/mol. The van der Waals surface area contributed by atoms with Crippen molar-refractivity contribution in [3.63, 3.8) is 0 Å². The molecule has 0 aliphatic rings. The number of carbonyl (C=O) groups is 2. The summed E-state index contributed by atoms with van der Waals surface area (Å²) in [6, 6.07) is 9.11. The number of aromatic nitrogens is 2. The van der Waals surface area contributed by atoms with E-state index in [9.17, 15) is 14.7 Å². The summed E-state index contributed by atoms with van der Waals surface area (Å²) < 4.78 is 11.3. The number of amides is 1. The van der Waals surface area contributed by atoms with Crippen LogP contribution < -0.4 is 10.1 Å². The summed E-state index contributed by atoms with van der Waals surface area (Å²) >= 11 is 0. The highest BCUT2D eigenvalue weighted by molar-refractivity contribution is 5.79. The SMILES string of the molecule is CCc1cc(-c2noc(-c3ccc(C=O)c(C)c3)n2)cc(C)c1OCC(O)CNC(=O)CO. The van der Waals surface area contributed by atoms with Gasteiger partial charge >= 0.3 is 0 Å². The van der Waals surface area contributed by atoms with E-state index in [1.165, 1.54) is 0 Å². The summed E-state index contributed by atoms with van der Waals surface area (Å²) in [7, 11) is 0. The zero-order chi connectivity index (χ0) is 24.0. The molecule has 3 aromatic rings. The second-order valence-electron chi connectivity index (χ2n) is 7.67. The quantitative estimate of drug-likeness (QED) is 0.398. The third-order valence-electron chi connectivity index (χ3n) is 5.16. The van der Waals surface area contributed by atoms with Crippen LogP contribution in [-0.4, -0.2) is 58.4 Å². The third-order valence-corrected chi connectivity index (χ3v) is 5.16. The number of rotatable bonds is 10. The maximum atomic E-state index is 11.1. The zero-order valence-corrected chi connectivity index (χ0v) is 18.8. The van der Waals surface area contributed by atoms with Crippen LogP contribution in [0.3, 0.4) is 0 Å². The highest BCUT2D eigenvalue weighted by Crippen LogP contribution is 2.31. The second-order valence-corrected chi connectivity index (χ2v) is 7.67. The Morgan fingerprint density at radius 3 is 2.64 bits per heavy atom. The minimum atomic E-state index is -0.918. The predicted octanol–water partition coefficient (Wildman–Crippen LogP) is 2.24. The van der Waals surface area contributed by atoms with E-state index in [0.29, 0.717) is 29.4 Å². The van der Waals surface area contributed by atoms with Gasteiger partial charge in [0.1, 0.15) is 31.4 Å². The predicted molar refractivity (Wildman–Crippen MR) is 121 cm³/mol. The molecule has 1 amide bonds. The summed E-state index contributed by atoms with van der Waals surface area (Å²) in [6.07, 6.45) is 0.567. The van der Waals surface area contributed by atoms with E-state index in [4.69, 9.17) is 14.4 Å². The van der Waals surface area contributed by atoms with Crippen molar-refractivity contribution in [3.8, 4) is 28.6 Å². The van der Waals surface area contributed by atoms with Crippen LogP contribution in [0, 0.1) is 13.8 Å². The number of carbonyl (C=O) groups excluding carboxylic acids is 2. The summed E-state index contributed by atoms with van der Waals surface area (Å²) in [5.41, 5.74) is 4.68. The summed E-state index contributed by atoms with van der Waals surface area (Å²) in [5, 5.41) is 25.3. The Morgan fingerprint density at radius 2 is 1.97 bits per heavy atom. The average Bonchev–Trinajstić information content (AvgIpc) is 3.31. The first kappa shape index (κ1) is 24.1. The third kappa shape index (κ3) is 5.82. The van der Waals surface area contributed by atoms with Gasteiger partial charge in [-0.3, -0.25) is 9.59 Å². The fraction of sp³-hybridized carbons (Fsp3) is 0.333. The molecule has 174 valence electrons. The molecule has 0 aliphatic heterocycles. The lowest BCUT2D eigenvalue weighted by molar-refractivity contribution is -0.124. The van der Waals surface area contributed by atoms with Gasteiger partial charge in [-0.15, -0.1) is 0 Å². The number of hydrogen-bond acceptors (Lipinski definition) is 8. The van der Waals surface area contributed by atoms with E-state index in [1.807, 2.05) is 39.0 Å². The van der Waals surface area contributed by atoms with E-state index in [1.54, 1.807) is 12.1 Å². The highest BCUT2D eigenvalue weighted by atomic mass is 16.5. The molecule has 9 heteroatoms. The molecular weight excluding hydrogens is 426 g/mol. The summed E-state index contributed by atoms with van der Waals surface area (Å²) in [5.74, 6) is 0.878. The number of nitrogens with one attached hydrogen (secondary N) is 1. The van der Waals surface area contributed by atoms with Crippen molar-refractivity contribution in [2.75, 3.05) is 19.8 Å². The van der Waals surface area contributed by atoms with Crippen LogP contribution in [-0.2, 0) is 11.2 Å². The van der Waals surface area contributed by atoms with Gasteiger partial charge in [-0.25, -0.2) is 0 Å². The molecule has 2 aromatic carbocycles. The van der Waals surface area contributed by atoms with Crippen molar-refractivity contribution >= 4 is 12.2 Å². The molecule has 1 heterocycles. The maximum absolute atomic E-state index is 11.1. The number of aliphatic hydroxyl groups excluding tert-OH is 2. The number of benzene rings is 2. The second kappa shape index (κ2) is 10.8. The lowest BCUT2D eigenvalue weighted by atomic mass is 10.0. The minimum Gasteiger partial charge on any atom is -0.490 e. The van der Waals surface area contributed by atoms with E-state index in [0.717, 1.165) is 34.1 Å². The highest BCUT2D eigenvalue weighted by Gasteiger charge is 2.17. The number of aldehydes is 1. The van der Waals surface area contributed by atoms with E-state index < -0.39 is 18.6 Å². The van der Waals surface area contributed by atoms with Crippen molar-refractivity contribution < 1.29 is 29.1 Å². The topological polar surface area (TPSA) is 135 Å². The Kier molecular flexibility index (Phi) is 7.92. The van der Waals surface area contributed by atoms with Crippen LogP contribution in [0.25, 0.3) is 22.8 Å². The van der Waals surface area contributed by atoms with Crippen LogP contribution >= 0.6 is 0 Å². The van der Waals surface area contributed by atoms with E-state index in [-0.39, 0.29) is 13.2 Å². The van der Waals surface area contributed by atoms with Crippen molar-refractivity contribution in [3.05, 3.63) is 52.6 Å². The standard InChI is InChI=1S/C24H27N3O6/c1-4-16-9-19(8-15(3)22(16)32-13-20(30)10-25-21(31)12-29)23-26-24(33-27-23)17-5-6-18(11-28)14(2)7-17/h5-9,11,20,29-30H,4,10,12-13H2,1-3H3,(H,25,31). The number of ether oxygens (including phenoxy) is 1. The molecule has 3 rings (SSSR count). The maximum Gasteiger partial charge on any atom is 0.258 e. The van der Waals surface area contributed by atoms with Gasteiger partial charge in [0.25, 0.3) is 5.89 Å². The molecule has 0 fully saturated rings. The van der Waals surface area contributed by atoms with Gasteiger partial charge in [0.05, 0.1) is 0 Å². The lowest BCUT2D eigenvalue weighted by Crippen LogP contribution is -2.36. The van der Waals surface area contributed by atoms with Crippen LogP contribution in [0.5, 0.6) is 5.75 Å².